The highest BCUT2D eigenvalue weighted by Crippen LogP contribution is 2.14. The van der Waals surface area contributed by atoms with Crippen LogP contribution < -0.4 is 4.74 Å². The third-order valence-electron chi connectivity index (χ3n) is 3.99. The smallest absolute Gasteiger partial charge is 0.360 e. The topological polar surface area (TPSA) is 100 Å². The number of benzene rings is 2. The normalized spacial score (nSPS) is 12.2. The maximum absolute atomic E-state index is 12.0. The molecule has 0 radical (unpaired) electrons. The summed E-state index contributed by atoms with van der Waals surface area (Å²) in [5, 5.41) is 11.8. The number of oxime groups is 3. The highest BCUT2D eigenvalue weighted by atomic mass is 16.6. The number of carbonyl (C=O) groups excluding carboxylic acids is 1. The highest BCUT2D eigenvalue weighted by molar-refractivity contribution is 6.43. The zero-order chi connectivity index (χ0) is 22.5. The molecule has 9 heteroatoms. The van der Waals surface area contributed by atoms with Crippen molar-refractivity contribution in [3.05, 3.63) is 65.7 Å². The van der Waals surface area contributed by atoms with E-state index in [1.165, 1.54) is 21.3 Å². The molecule has 0 aliphatic heterocycles. The van der Waals surface area contributed by atoms with Gasteiger partial charge in [-0.3, -0.25) is 0 Å². The summed E-state index contributed by atoms with van der Waals surface area (Å²) in [4.78, 5) is 27.2. The summed E-state index contributed by atoms with van der Waals surface area (Å²) in [5.41, 5.74) is 2.17. The third-order valence-corrected chi connectivity index (χ3v) is 3.99. The van der Waals surface area contributed by atoms with E-state index < -0.39 is 5.97 Å². The number of hydrogen-bond acceptors (Lipinski definition) is 9. The summed E-state index contributed by atoms with van der Waals surface area (Å²) in [6.07, 6.45) is 0. The lowest BCUT2D eigenvalue weighted by atomic mass is 10.0. The Morgan fingerprint density at radius 1 is 0.871 bits per heavy atom. The molecule has 0 saturated carbocycles. The SMILES string of the molecule is CON=C(COc1ccccc1)C(C)=NOCc1ccccc1C(=NOC)C(=O)OC. The van der Waals surface area contributed by atoms with E-state index in [-0.39, 0.29) is 18.9 Å². The van der Waals surface area contributed by atoms with Gasteiger partial charge in [-0.05, 0) is 19.1 Å². The zero-order valence-electron chi connectivity index (χ0n) is 17.9. The Balaban J connectivity index is 2.10. The fraction of sp³-hybridized carbons (Fsp3) is 0.273. The van der Waals surface area contributed by atoms with Gasteiger partial charge in [-0.15, -0.1) is 0 Å². The van der Waals surface area contributed by atoms with E-state index >= 15 is 0 Å². The molecule has 31 heavy (non-hydrogen) atoms. The summed E-state index contributed by atoms with van der Waals surface area (Å²) in [7, 11) is 4.06. The summed E-state index contributed by atoms with van der Waals surface area (Å²) in [6.45, 7) is 1.96. The lowest BCUT2D eigenvalue weighted by Crippen LogP contribution is -2.21. The van der Waals surface area contributed by atoms with Gasteiger partial charge in [-0.25, -0.2) is 4.79 Å². The van der Waals surface area contributed by atoms with Crippen LogP contribution in [0.2, 0.25) is 0 Å². The van der Waals surface area contributed by atoms with Crippen molar-refractivity contribution >= 4 is 23.1 Å². The molecule has 0 aromatic heterocycles. The lowest BCUT2D eigenvalue weighted by molar-refractivity contribution is -0.132. The number of para-hydroxylation sites is 1. The summed E-state index contributed by atoms with van der Waals surface area (Å²) < 4.78 is 10.5. The Morgan fingerprint density at radius 3 is 2.23 bits per heavy atom. The van der Waals surface area contributed by atoms with Crippen molar-refractivity contribution in [3.63, 3.8) is 0 Å². The Morgan fingerprint density at radius 2 is 1.55 bits per heavy atom. The molecule has 0 aliphatic rings. The average molecular weight is 427 g/mol. The summed E-state index contributed by atoms with van der Waals surface area (Å²) in [5.74, 6) is 0.0725. The van der Waals surface area contributed by atoms with Gasteiger partial charge in [0.05, 0.1) is 7.11 Å². The van der Waals surface area contributed by atoms with E-state index in [0.717, 1.165) is 0 Å². The molecule has 0 bridgehead atoms. The van der Waals surface area contributed by atoms with Crippen LogP contribution in [0.3, 0.4) is 0 Å². The van der Waals surface area contributed by atoms with E-state index in [0.29, 0.717) is 28.3 Å². The fourth-order valence-electron chi connectivity index (χ4n) is 2.49. The van der Waals surface area contributed by atoms with Crippen molar-refractivity contribution in [2.45, 2.75) is 13.5 Å². The van der Waals surface area contributed by atoms with Gasteiger partial charge in [-0.1, -0.05) is 57.9 Å². The molecule has 0 fully saturated rings. The van der Waals surface area contributed by atoms with Crippen molar-refractivity contribution in [2.24, 2.45) is 15.5 Å². The van der Waals surface area contributed by atoms with E-state index in [4.69, 9.17) is 24.0 Å². The summed E-state index contributed by atoms with van der Waals surface area (Å²) in [6, 6.07) is 16.4. The minimum atomic E-state index is -0.624. The fourth-order valence-corrected chi connectivity index (χ4v) is 2.49. The molecule has 0 N–H and O–H groups in total. The first-order chi connectivity index (χ1) is 15.1. The van der Waals surface area contributed by atoms with Crippen LogP contribution in [0.4, 0.5) is 0 Å². The van der Waals surface area contributed by atoms with Gasteiger partial charge in [0, 0.05) is 11.1 Å². The molecular weight excluding hydrogens is 402 g/mol. The standard InChI is InChI=1S/C22H25N3O6/c1-16(20(24-28-3)15-30-18-11-6-5-7-12-18)23-31-14-17-10-8-9-13-19(17)21(25-29-4)22(26)27-2/h5-13H,14-15H2,1-4H3. The number of nitrogens with zero attached hydrogens (tertiary/aromatic N) is 3. The highest BCUT2D eigenvalue weighted by Gasteiger charge is 2.19. The maximum atomic E-state index is 12.0. The molecule has 9 nitrogen and oxygen atoms in total. The number of esters is 1. The number of carbonyl (C=O) groups is 1. The van der Waals surface area contributed by atoms with Crippen LogP contribution in [0.15, 0.2) is 70.1 Å². The molecule has 0 saturated heterocycles. The van der Waals surface area contributed by atoms with Crippen LogP contribution in [0.25, 0.3) is 0 Å². The minimum absolute atomic E-state index is 0.0304. The van der Waals surface area contributed by atoms with E-state index in [1.54, 1.807) is 25.1 Å². The number of rotatable bonds is 11. The van der Waals surface area contributed by atoms with Crippen molar-refractivity contribution in [2.75, 3.05) is 27.9 Å². The molecule has 0 spiro atoms. The molecule has 2 aromatic carbocycles. The second kappa shape index (κ2) is 12.6. The Kier molecular flexibility index (Phi) is 9.54. The molecule has 0 atom stereocenters. The summed E-state index contributed by atoms with van der Waals surface area (Å²) >= 11 is 0. The van der Waals surface area contributed by atoms with Crippen LogP contribution >= 0.6 is 0 Å². The first-order valence-corrected chi connectivity index (χ1v) is 9.33. The van der Waals surface area contributed by atoms with Crippen molar-refractivity contribution in [1.29, 1.82) is 0 Å². The molecule has 0 aliphatic carbocycles. The predicted octanol–water partition coefficient (Wildman–Crippen LogP) is 3.18. The van der Waals surface area contributed by atoms with E-state index in [2.05, 4.69) is 15.5 Å². The van der Waals surface area contributed by atoms with Gasteiger partial charge in [-0.2, -0.15) is 0 Å². The van der Waals surface area contributed by atoms with Crippen molar-refractivity contribution < 1.29 is 28.8 Å². The quantitative estimate of drug-likeness (QED) is 0.310. The molecule has 164 valence electrons. The van der Waals surface area contributed by atoms with E-state index in [9.17, 15) is 4.79 Å². The third kappa shape index (κ3) is 7.14. The first-order valence-electron chi connectivity index (χ1n) is 9.33. The van der Waals surface area contributed by atoms with Gasteiger partial charge >= 0.3 is 5.97 Å². The molecular formula is C22H25N3O6. The predicted molar refractivity (Wildman–Crippen MR) is 116 cm³/mol. The van der Waals surface area contributed by atoms with E-state index in [1.807, 2.05) is 36.4 Å². The van der Waals surface area contributed by atoms with Gasteiger partial charge in [0.1, 0.15) is 44.6 Å². The monoisotopic (exact) mass is 427 g/mol. The lowest BCUT2D eigenvalue weighted by Gasteiger charge is -2.10. The number of ether oxygens (including phenoxy) is 2. The van der Waals surface area contributed by atoms with Gasteiger partial charge in [0.15, 0.2) is 5.71 Å². The Labute approximate surface area is 180 Å². The number of hydrogen-bond donors (Lipinski definition) is 0. The molecule has 2 rings (SSSR count). The maximum Gasteiger partial charge on any atom is 0.360 e. The van der Waals surface area contributed by atoms with Gasteiger partial charge in [0.2, 0.25) is 0 Å². The van der Waals surface area contributed by atoms with Crippen LogP contribution in [0, 0.1) is 0 Å². The van der Waals surface area contributed by atoms with Crippen LogP contribution in [-0.4, -0.2) is 51.0 Å². The van der Waals surface area contributed by atoms with Gasteiger partial charge < -0.3 is 24.0 Å². The minimum Gasteiger partial charge on any atom is -0.487 e. The Hall–Kier alpha value is -3.88. The second-order valence-corrected chi connectivity index (χ2v) is 6.04. The second-order valence-electron chi connectivity index (χ2n) is 6.04. The first kappa shape index (κ1) is 23.4. The van der Waals surface area contributed by atoms with Crippen molar-refractivity contribution in [3.8, 4) is 5.75 Å². The van der Waals surface area contributed by atoms with Crippen LogP contribution in [-0.2, 0) is 30.7 Å². The molecule has 2 aromatic rings. The Bertz CT molecular complexity index is 941. The molecule has 0 heterocycles. The van der Waals surface area contributed by atoms with Gasteiger partial charge in [0.25, 0.3) is 0 Å². The van der Waals surface area contributed by atoms with Crippen LogP contribution in [0.1, 0.15) is 18.1 Å². The molecule has 0 unspecified atom stereocenters. The van der Waals surface area contributed by atoms with Crippen LogP contribution in [0.5, 0.6) is 5.75 Å². The average Bonchev–Trinajstić information content (AvgIpc) is 2.80. The molecule has 0 amide bonds. The largest absolute Gasteiger partial charge is 0.487 e. The number of methoxy groups -OCH3 is 1. The van der Waals surface area contributed by atoms with Crippen molar-refractivity contribution in [1.82, 2.24) is 0 Å². The zero-order valence-corrected chi connectivity index (χ0v) is 17.9.